The molecule has 43 valence electrons. The molecule has 0 aliphatic heterocycles. The molecule has 1 radical (unpaired) electrons. The number of carboxylic acids is 2. The van der Waals surface area contributed by atoms with Crippen LogP contribution in [-0.2, 0) is 9.59 Å². The number of carbonyl (C=O) groups is 2. The molecule has 0 aromatic carbocycles. The van der Waals surface area contributed by atoms with Crippen molar-refractivity contribution in [1.82, 2.24) is 0 Å². The summed E-state index contributed by atoms with van der Waals surface area (Å²) >= 11 is 0. The smallest absolute Gasteiger partial charge is 0.314 e. The Morgan fingerprint density at radius 3 is 1.38 bits per heavy atom. The first-order valence-corrected chi connectivity index (χ1v) is 1.56. The molecule has 0 amide bonds. The topological polar surface area (TPSA) is 74.6 Å². The molecule has 0 saturated carbocycles. The molecular weight excluding hydrogens is 304 g/mol. The quantitative estimate of drug-likeness (QED) is 0.515. The molecule has 0 heterocycles. The maximum Gasteiger partial charge on any atom is 0.314 e. The molecule has 0 aliphatic carbocycles. The van der Waals surface area contributed by atoms with Crippen LogP contribution in [0, 0.1) is 0 Å². The second-order valence-corrected chi connectivity index (χ2v) is 0.964. The van der Waals surface area contributed by atoms with Crippen molar-refractivity contribution in [2.75, 3.05) is 0 Å². The predicted octanol–water partition coefficient (Wildman–Crippen LogP) is -0.835. The van der Waals surface area contributed by atoms with Crippen molar-refractivity contribution in [3.8, 4) is 0 Å². The van der Waals surface area contributed by atoms with E-state index in [4.69, 9.17) is 10.2 Å². The fourth-order valence-corrected chi connectivity index (χ4v) is 0.129. The average molecular weight is 308 g/mol. The Morgan fingerprint density at radius 1 is 1.12 bits per heavy atom. The molecule has 5 heteroatoms. The fraction of sp³-hybridized carbons (Fsp3) is 0.333. The van der Waals surface area contributed by atoms with Gasteiger partial charge in [-0.05, 0) is 0 Å². The predicted molar refractivity (Wildman–Crippen MR) is 25.6 cm³/mol. The van der Waals surface area contributed by atoms with Crippen LogP contribution >= 0.6 is 0 Å². The zero-order chi connectivity index (χ0) is 5.86. The summed E-state index contributed by atoms with van der Waals surface area (Å²) in [6.07, 6.45) is -0.806. The van der Waals surface area contributed by atoms with Crippen molar-refractivity contribution < 1.29 is 19.8 Å². The summed E-state index contributed by atoms with van der Waals surface area (Å²) in [4.78, 5) is 18.9. The van der Waals surface area contributed by atoms with Gasteiger partial charge in [0.15, 0.2) is 0 Å². The van der Waals surface area contributed by atoms with Gasteiger partial charge in [-0.2, -0.15) is 0 Å². The minimum atomic E-state index is -1.31. The average Bonchev–Trinajstić information content (AvgIpc) is 1.27. The van der Waals surface area contributed by atoms with Gasteiger partial charge in [-0.3, -0.25) is 9.59 Å². The number of aliphatic carboxylic acids is 2. The van der Waals surface area contributed by atoms with Crippen LogP contribution in [0.4, 0.5) is 0 Å². The number of carboxylic acid groups (broad SMARTS) is 2. The van der Waals surface area contributed by atoms with Crippen molar-refractivity contribution in [2.24, 2.45) is 0 Å². The minimum absolute atomic E-state index is 0. The third kappa shape index (κ3) is 9.29. The van der Waals surface area contributed by atoms with Gasteiger partial charge < -0.3 is 10.2 Å². The molecule has 0 aromatic rings. The Labute approximate surface area is 65.7 Å². The summed E-state index contributed by atoms with van der Waals surface area (Å²) < 4.78 is 0. The van der Waals surface area contributed by atoms with Crippen LogP contribution in [-0.4, -0.2) is 49.5 Å². The van der Waals surface area contributed by atoms with Crippen molar-refractivity contribution >= 4 is 39.2 Å². The van der Waals surface area contributed by atoms with Crippen LogP contribution in [0.5, 0.6) is 0 Å². The summed E-state index contributed by atoms with van der Waals surface area (Å²) in [5, 5.41) is 15.4. The first kappa shape index (κ1) is 10.8. The fourth-order valence-electron chi connectivity index (χ4n) is 0.129. The third-order valence-corrected chi connectivity index (χ3v) is 0.302. The Kier molecular flexibility index (Phi) is 6.74. The molecular formula is C3H4O4Tl. The van der Waals surface area contributed by atoms with Gasteiger partial charge in [0.25, 0.3) is 0 Å². The normalized spacial score (nSPS) is 7.00. The second kappa shape index (κ2) is 5.01. The van der Waals surface area contributed by atoms with Gasteiger partial charge in [-0.25, -0.2) is 0 Å². The number of hydrogen-bond donors (Lipinski definition) is 2. The van der Waals surface area contributed by atoms with E-state index in [1.807, 2.05) is 0 Å². The van der Waals surface area contributed by atoms with Gasteiger partial charge in [0.2, 0.25) is 0 Å². The van der Waals surface area contributed by atoms with Crippen LogP contribution in [0.3, 0.4) is 0 Å². The Hall–Kier alpha value is -0.138. The molecule has 0 unspecified atom stereocenters. The van der Waals surface area contributed by atoms with Gasteiger partial charge in [-0.15, -0.1) is 0 Å². The van der Waals surface area contributed by atoms with E-state index in [0.29, 0.717) is 0 Å². The monoisotopic (exact) mass is 309 g/mol. The van der Waals surface area contributed by atoms with Crippen molar-refractivity contribution in [1.29, 1.82) is 0 Å². The van der Waals surface area contributed by atoms with E-state index in [1.165, 1.54) is 0 Å². The maximum absolute atomic E-state index is 9.43. The van der Waals surface area contributed by atoms with Crippen molar-refractivity contribution in [3.63, 3.8) is 0 Å². The van der Waals surface area contributed by atoms with Gasteiger partial charge in [0, 0.05) is 27.3 Å². The largest absolute Gasteiger partial charge is 0.481 e. The summed E-state index contributed by atoms with van der Waals surface area (Å²) in [6, 6.07) is 0. The SMILES string of the molecule is O=C(O)CC(=O)O.[Tl]. The van der Waals surface area contributed by atoms with E-state index in [9.17, 15) is 9.59 Å². The molecule has 4 nitrogen and oxygen atoms in total. The standard InChI is InChI=1S/C3H4O4.Tl/c4-2(5)1-3(6)7;/h1H2,(H,4,5)(H,6,7);. The second-order valence-electron chi connectivity index (χ2n) is 0.964. The first-order chi connectivity index (χ1) is 3.13. The number of hydrogen-bond acceptors (Lipinski definition) is 2. The molecule has 8 heavy (non-hydrogen) atoms. The van der Waals surface area contributed by atoms with E-state index < -0.39 is 18.4 Å². The molecule has 0 fully saturated rings. The minimum Gasteiger partial charge on any atom is -0.481 e. The molecule has 0 aromatic heterocycles. The Bertz CT molecular complexity index is 87.5. The summed E-state index contributed by atoms with van der Waals surface area (Å²) in [6.45, 7) is 0. The van der Waals surface area contributed by atoms with Crippen LogP contribution in [0.1, 0.15) is 6.42 Å². The summed E-state index contributed by atoms with van der Waals surface area (Å²) in [5.74, 6) is -2.62. The van der Waals surface area contributed by atoms with Crippen molar-refractivity contribution in [3.05, 3.63) is 0 Å². The zero-order valence-electron chi connectivity index (χ0n) is 4.00. The van der Waals surface area contributed by atoms with Gasteiger partial charge in [-0.1, -0.05) is 0 Å². The van der Waals surface area contributed by atoms with E-state index in [0.717, 1.165) is 0 Å². The zero-order valence-corrected chi connectivity index (χ0v) is 8.48. The van der Waals surface area contributed by atoms with Crippen LogP contribution in [0.15, 0.2) is 0 Å². The Balaban J connectivity index is 0. The molecule has 0 spiro atoms. The molecule has 0 bridgehead atoms. The molecule has 0 saturated heterocycles. The van der Waals surface area contributed by atoms with Crippen LogP contribution in [0.2, 0.25) is 0 Å². The molecule has 0 rings (SSSR count). The van der Waals surface area contributed by atoms with E-state index in [1.54, 1.807) is 0 Å². The third-order valence-electron chi connectivity index (χ3n) is 0.302. The van der Waals surface area contributed by atoms with Gasteiger partial charge >= 0.3 is 11.9 Å². The molecule has 0 atom stereocenters. The van der Waals surface area contributed by atoms with Gasteiger partial charge in [0.05, 0.1) is 0 Å². The van der Waals surface area contributed by atoms with E-state index in [2.05, 4.69) is 0 Å². The summed E-state index contributed by atoms with van der Waals surface area (Å²) in [7, 11) is 0. The van der Waals surface area contributed by atoms with Crippen LogP contribution < -0.4 is 0 Å². The summed E-state index contributed by atoms with van der Waals surface area (Å²) in [5.41, 5.74) is 0. The van der Waals surface area contributed by atoms with E-state index in [-0.39, 0.29) is 27.3 Å². The first-order valence-electron chi connectivity index (χ1n) is 1.56. The van der Waals surface area contributed by atoms with Gasteiger partial charge in [0.1, 0.15) is 6.42 Å². The maximum atomic E-state index is 9.43. The van der Waals surface area contributed by atoms with Crippen molar-refractivity contribution in [2.45, 2.75) is 6.42 Å². The van der Waals surface area contributed by atoms with E-state index >= 15 is 0 Å². The Morgan fingerprint density at radius 2 is 1.38 bits per heavy atom. The molecule has 0 aliphatic rings. The molecule has 2 N–H and O–H groups in total. The number of rotatable bonds is 2. The van der Waals surface area contributed by atoms with Crippen LogP contribution in [0.25, 0.3) is 0 Å².